The second-order valence-electron chi connectivity index (χ2n) is 4.39. The molecule has 1 N–H and O–H groups in total. The van der Waals surface area contributed by atoms with Gasteiger partial charge in [0.25, 0.3) is 5.91 Å². The van der Waals surface area contributed by atoms with Gasteiger partial charge in [0.05, 0.1) is 9.72 Å². The minimum atomic E-state index is -0.265. The predicted molar refractivity (Wildman–Crippen MR) is 80.5 cm³/mol. The molecule has 0 saturated carbocycles. The molecule has 2 heterocycles. The monoisotopic (exact) mass is 306 g/mol. The van der Waals surface area contributed by atoms with Crippen LogP contribution in [0.3, 0.4) is 0 Å². The Balaban J connectivity index is 1.91. The first kappa shape index (κ1) is 13.1. The number of halogens is 1. The maximum absolute atomic E-state index is 12.2. The molecule has 0 spiro atoms. The molecule has 0 saturated heterocycles. The van der Waals surface area contributed by atoms with Crippen molar-refractivity contribution in [2.75, 3.05) is 5.32 Å². The lowest BCUT2D eigenvalue weighted by atomic mass is 10.3. The molecule has 2 aromatic heterocycles. The fourth-order valence-electron chi connectivity index (χ4n) is 1.96. The Kier molecular flexibility index (Phi) is 3.19. The van der Waals surface area contributed by atoms with Crippen molar-refractivity contribution in [2.24, 2.45) is 7.05 Å². The molecule has 0 aliphatic rings. The Morgan fingerprint density at radius 2 is 2.25 bits per heavy atom. The third-order valence-electron chi connectivity index (χ3n) is 2.82. The molecular weight excluding hydrogens is 296 g/mol. The number of fused-ring (bicyclic) bond motifs is 1. The third-order valence-corrected chi connectivity index (χ3v) is 4.06. The molecular formula is C13H11ClN4OS. The van der Waals surface area contributed by atoms with Crippen LogP contribution in [0.15, 0.2) is 24.4 Å². The first-order chi connectivity index (χ1) is 9.54. The Morgan fingerprint density at radius 1 is 1.45 bits per heavy atom. The van der Waals surface area contributed by atoms with Gasteiger partial charge in [-0.15, -0.1) is 0 Å². The summed E-state index contributed by atoms with van der Waals surface area (Å²) in [7, 11) is 1.78. The number of nitrogens with zero attached hydrogens (tertiary/aromatic N) is 3. The van der Waals surface area contributed by atoms with Gasteiger partial charge in [-0.2, -0.15) is 5.10 Å². The van der Waals surface area contributed by atoms with Crippen LogP contribution < -0.4 is 5.32 Å². The van der Waals surface area contributed by atoms with Gasteiger partial charge in [0, 0.05) is 18.8 Å². The van der Waals surface area contributed by atoms with Gasteiger partial charge in [0.15, 0.2) is 10.8 Å². The molecule has 1 amide bonds. The zero-order valence-corrected chi connectivity index (χ0v) is 12.4. The molecule has 0 aliphatic carbocycles. The molecule has 0 unspecified atom stereocenters. The average Bonchev–Trinajstić information content (AvgIpc) is 2.93. The molecule has 102 valence electrons. The summed E-state index contributed by atoms with van der Waals surface area (Å²) in [4.78, 5) is 16.5. The highest BCUT2D eigenvalue weighted by molar-refractivity contribution is 7.22. The number of amides is 1. The van der Waals surface area contributed by atoms with Crippen LogP contribution in [-0.2, 0) is 7.05 Å². The summed E-state index contributed by atoms with van der Waals surface area (Å²) < 4.78 is 2.55. The van der Waals surface area contributed by atoms with Crippen LogP contribution in [0.25, 0.3) is 10.2 Å². The molecule has 0 fully saturated rings. The van der Waals surface area contributed by atoms with Crippen LogP contribution in [-0.4, -0.2) is 20.7 Å². The largest absolute Gasteiger partial charge is 0.296 e. The molecule has 1 aromatic carbocycles. The van der Waals surface area contributed by atoms with Crippen molar-refractivity contribution in [1.82, 2.24) is 14.8 Å². The number of aryl methyl sites for hydroxylation is 2. The summed E-state index contributed by atoms with van der Waals surface area (Å²) in [6, 6.07) is 5.55. The molecule has 3 aromatic rings. The molecule has 0 bridgehead atoms. The van der Waals surface area contributed by atoms with Crippen LogP contribution >= 0.6 is 22.9 Å². The second kappa shape index (κ2) is 4.88. The number of benzene rings is 1. The van der Waals surface area contributed by atoms with Crippen LogP contribution in [0.1, 0.15) is 16.1 Å². The maximum atomic E-state index is 12.2. The summed E-state index contributed by atoms with van der Waals surface area (Å²) >= 11 is 7.45. The lowest BCUT2D eigenvalue weighted by Crippen LogP contribution is -2.13. The minimum Gasteiger partial charge on any atom is -0.296 e. The highest BCUT2D eigenvalue weighted by Crippen LogP contribution is 2.30. The van der Waals surface area contributed by atoms with Crippen molar-refractivity contribution in [3.8, 4) is 0 Å². The highest BCUT2D eigenvalue weighted by Gasteiger charge is 2.15. The van der Waals surface area contributed by atoms with Gasteiger partial charge in [-0.3, -0.25) is 14.8 Å². The van der Waals surface area contributed by atoms with E-state index in [1.165, 1.54) is 11.3 Å². The number of hydrogen-bond donors (Lipinski definition) is 1. The van der Waals surface area contributed by atoms with Gasteiger partial charge in [-0.05, 0) is 19.1 Å². The van der Waals surface area contributed by atoms with E-state index in [0.29, 0.717) is 21.4 Å². The summed E-state index contributed by atoms with van der Waals surface area (Å²) in [6.45, 7) is 1.84. The predicted octanol–water partition coefficient (Wildman–Crippen LogP) is 3.24. The number of anilines is 1. The lowest BCUT2D eigenvalue weighted by Gasteiger charge is -1.98. The zero-order valence-electron chi connectivity index (χ0n) is 10.8. The second-order valence-corrected chi connectivity index (χ2v) is 5.83. The third kappa shape index (κ3) is 2.28. The summed E-state index contributed by atoms with van der Waals surface area (Å²) in [6.07, 6.45) is 1.80. The van der Waals surface area contributed by atoms with Gasteiger partial charge in [-0.25, -0.2) is 4.98 Å². The Bertz CT molecular complexity index is 808. The van der Waals surface area contributed by atoms with Gasteiger partial charge >= 0.3 is 0 Å². The van der Waals surface area contributed by atoms with Gasteiger partial charge in [0.1, 0.15) is 5.52 Å². The van der Waals surface area contributed by atoms with Crippen molar-refractivity contribution in [1.29, 1.82) is 0 Å². The molecule has 0 aliphatic heterocycles. The van der Waals surface area contributed by atoms with E-state index in [-0.39, 0.29) is 5.91 Å². The summed E-state index contributed by atoms with van der Waals surface area (Å²) in [5.41, 5.74) is 1.93. The fourth-order valence-corrected chi connectivity index (χ4v) is 3.12. The average molecular weight is 307 g/mol. The quantitative estimate of drug-likeness (QED) is 0.790. The zero-order chi connectivity index (χ0) is 14.3. The van der Waals surface area contributed by atoms with E-state index in [4.69, 9.17) is 11.6 Å². The normalized spacial score (nSPS) is 10.9. The van der Waals surface area contributed by atoms with E-state index in [1.54, 1.807) is 24.0 Å². The Morgan fingerprint density at radius 3 is 2.90 bits per heavy atom. The summed E-state index contributed by atoms with van der Waals surface area (Å²) in [5.74, 6) is -0.265. The standard InChI is InChI=1S/C13H11ClN4OS/c1-7-6-18(2)17-10(7)12(19)16-13-15-11-8(14)4-3-5-9(11)20-13/h3-6H,1-2H3,(H,15,16,19). The van der Waals surface area contributed by atoms with E-state index in [2.05, 4.69) is 15.4 Å². The maximum Gasteiger partial charge on any atom is 0.278 e. The summed E-state index contributed by atoms with van der Waals surface area (Å²) in [5, 5.41) is 7.99. The first-order valence-electron chi connectivity index (χ1n) is 5.91. The van der Waals surface area contributed by atoms with E-state index in [0.717, 1.165) is 10.3 Å². The molecule has 5 nitrogen and oxygen atoms in total. The lowest BCUT2D eigenvalue weighted by molar-refractivity contribution is 0.102. The van der Waals surface area contributed by atoms with E-state index >= 15 is 0 Å². The van der Waals surface area contributed by atoms with Crippen LogP contribution in [0.2, 0.25) is 5.02 Å². The number of thiazole rings is 1. The van der Waals surface area contributed by atoms with Crippen molar-refractivity contribution < 1.29 is 4.79 Å². The molecule has 0 atom stereocenters. The topological polar surface area (TPSA) is 59.8 Å². The SMILES string of the molecule is Cc1cn(C)nc1C(=O)Nc1nc2c(Cl)cccc2s1. The highest BCUT2D eigenvalue weighted by atomic mass is 35.5. The van der Waals surface area contributed by atoms with E-state index in [9.17, 15) is 4.79 Å². The molecule has 20 heavy (non-hydrogen) atoms. The number of hydrogen-bond acceptors (Lipinski definition) is 4. The van der Waals surface area contributed by atoms with Crippen LogP contribution in [0.5, 0.6) is 0 Å². The molecule has 0 radical (unpaired) electrons. The van der Waals surface area contributed by atoms with Crippen molar-refractivity contribution in [3.63, 3.8) is 0 Å². The smallest absolute Gasteiger partial charge is 0.278 e. The number of carbonyl (C=O) groups is 1. The van der Waals surface area contributed by atoms with Gasteiger partial charge in [-0.1, -0.05) is 29.0 Å². The van der Waals surface area contributed by atoms with Gasteiger partial charge in [0.2, 0.25) is 0 Å². The first-order valence-corrected chi connectivity index (χ1v) is 7.10. The molecule has 3 rings (SSSR count). The number of rotatable bonds is 2. The minimum absolute atomic E-state index is 0.265. The van der Waals surface area contributed by atoms with E-state index in [1.807, 2.05) is 19.1 Å². The van der Waals surface area contributed by atoms with Crippen molar-refractivity contribution in [2.45, 2.75) is 6.92 Å². The Hall–Kier alpha value is -1.92. The van der Waals surface area contributed by atoms with Crippen molar-refractivity contribution >= 4 is 44.2 Å². The Labute approximate surface area is 124 Å². The number of nitrogens with one attached hydrogen (secondary N) is 1. The van der Waals surface area contributed by atoms with Crippen molar-refractivity contribution in [3.05, 3.63) is 40.7 Å². The van der Waals surface area contributed by atoms with Crippen LogP contribution in [0, 0.1) is 6.92 Å². The number of carbonyl (C=O) groups excluding carboxylic acids is 1. The molecule has 7 heteroatoms. The number of para-hydroxylation sites is 1. The number of aromatic nitrogens is 3. The van der Waals surface area contributed by atoms with E-state index < -0.39 is 0 Å². The van der Waals surface area contributed by atoms with Gasteiger partial charge < -0.3 is 0 Å². The van der Waals surface area contributed by atoms with Crippen LogP contribution in [0.4, 0.5) is 5.13 Å². The fraction of sp³-hybridized carbons (Fsp3) is 0.154.